The minimum atomic E-state index is 0. The molecule has 3 heteroatoms. The summed E-state index contributed by atoms with van der Waals surface area (Å²) >= 11 is 0. The van der Waals surface area contributed by atoms with E-state index in [9.17, 15) is 0 Å². The third kappa shape index (κ3) is 2.30. The quantitative estimate of drug-likeness (QED) is 0.251. The van der Waals surface area contributed by atoms with Gasteiger partial charge in [0.1, 0.15) is 0 Å². The molecule has 1 aromatic carbocycles. The largest absolute Gasteiger partial charge is 0.302 e. The molecule has 0 N–H and O–H groups in total. The van der Waals surface area contributed by atoms with Gasteiger partial charge in [-0.3, -0.25) is 4.98 Å². The Kier molecular flexibility index (Phi) is 3.63. The van der Waals surface area contributed by atoms with Crippen molar-refractivity contribution in [1.82, 2.24) is 9.97 Å². The van der Waals surface area contributed by atoms with Gasteiger partial charge in [0, 0.05) is 31.8 Å². The maximum atomic E-state index is 5.00. The van der Waals surface area contributed by atoms with Gasteiger partial charge >= 0.3 is 0 Å². The van der Waals surface area contributed by atoms with E-state index in [4.69, 9.17) is 9.97 Å². The molecule has 2 atom stereocenters. The molecule has 2 aromatic heterocycles. The number of hydrogen-bond donors (Lipinski definition) is 0. The van der Waals surface area contributed by atoms with Gasteiger partial charge in [-0.05, 0) is 71.1 Å². The van der Waals surface area contributed by atoms with E-state index in [0.29, 0.717) is 10.8 Å². The maximum absolute atomic E-state index is 5.00. The van der Waals surface area contributed by atoms with Gasteiger partial charge in [-0.1, -0.05) is 33.1 Å². The number of benzene rings is 1. The molecule has 147 valence electrons. The first-order valence-electron chi connectivity index (χ1n) is 10.3. The van der Waals surface area contributed by atoms with Crippen LogP contribution in [0.3, 0.4) is 0 Å². The van der Waals surface area contributed by atoms with Crippen LogP contribution in [0.5, 0.6) is 0 Å². The van der Waals surface area contributed by atoms with Crippen LogP contribution >= 0.6 is 0 Å². The number of rotatable bonds is 0. The summed E-state index contributed by atoms with van der Waals surface area (Å²) < 4.78 is 0. The fourth-order valence-corrected chi connectivity index (χ4v) is 8.44. The Balaban J connectivity index is 0.00000171. The van der Waals surface area contributed by atoms with Crippen molar-refractivity contribution in [3.8, 4) is 0 Å². The van der Waals surface area contributed by atoms with Gasteiger partial charge in [-0.2, -0.15) is 0 Å². The molecular formula is C25H27IrN2-. The average Bonchev–Trinajstić information content (AvgIpc) is 2.66. The Bertz CT molecular complexity index is 1120. The zero-order valence-corrected chi connectivity index (χ0v) is 19.5. The van der Waals surface area contributed by atoms with E-state index in [2.05, 4.69) is 46.0 Å². The Morgan fingerprint density at radius 1 is 0.821 bits per heavy atom. The fourth-order valence-electron chi connectivity index (χ4n) is 8.44. The second-order valence-corrected chi connectivity index (χ2v) is 11.1. The Labute approximate surface area is 180 Å². The predicted molar refractivity (Wildman–Crippen MR) is 110 cm³/mol. The predicted octanol–water partition coefficient (Wildman–Crippen LogP) is 6.10. The first kappa shape index (κ1) is 18.7. The van der Waals surface area contributed by atoms with Crippen LogP contribution in [0.4, 0.5) is 0 Å². The molecule has 2 saturated carbocycles. The van der Waals surface area contributed by atoms with Crippen LogP contribution in [0.1, 0.15) is 70.9 Å². The van der Waals surface area contributed by atoms with Gasteiger partial charge < -0.3 is 4.98 Å². The molecule has 0 amide bonds. The first-order valence-corrected chi connectivity index (χ1v) is 10.3. The van der Waals surface area contributed by atoms with Gasteiger partial charge in [-0.15, -0.1) is 29.7 Å². The molecule has 1 radical (unpaired) electrons. The zero-order chi connectivity index (χ0) is 18.7. The molecule has 0 spiro atoms. The minimum absolute atomic E-state index is 0. The van der Waals surface area contributed by atoms with E-state index in [1.807, 2.05) is 18.3 Å². The van der Waals surface area contributed by atoms with Crippen molar-refractivity contribution < 1.29 is 20.1 Å². The molecule has 4 aliphatic rings. The van der Waals surface area contributed by atoms with Crippen LogP contribution < -0.4 is 0 Å². The van der Waals surface area contributed by atoms with Crippen molar-refractivity contribution >= 4 is 21.8 Å². The van der Waals surface area contributed by atoms with Crippen molar-refractivity contribution in [2.45, 2.75) is 70.6 Å². The Morgan fingerprint density at radius 2 is 1.46 bits per heavy atom. The van der Waals surface area contributed by atoms with Crippen molar-refractivity contribution in [3.63, 3.8) is 0 Å². The Hall–Kier alpha value is -1.31. The van der Waals surface area contributed by atoms with Crippen LogP contribution in [-0.2, 0) is 30.9 Å². The molecule has 2 nitrogen and oxygen atoms in total. The summed E-state index contributed by atoms with van der Waals surface area (Å²) in [4.78, 5) is 10.00. The van der Waals surface area contributed by atoms with Gasteiger partial charge in [0.25, 0.3) is 0 Å². The monoisotopic (exact) mass is 548 g/mol. The third-order valence-electron chi connectivity index (χ3n) is 7.89. The second kappa shape index (κ2) is 5.43. The van der Waals surface area contributed by atoms with Crippen LogP contribution in [-0.4, -0.2) is 9.97 Å². The van der Waals surface area contributed by atoms with Crippen molar-refractivity contribution in [3.05, 3.63) is 47.8 Å². The van der Waals surface area contributed by atoms with Crippen LogP contribution in [0.2, 0.25) is 0 Å². The average molecular weight is 548 g/mol. The third-order valence-corrected chi connectivity index (χ3v) is 7.89. The van der Waals surface area contributed by atoms with Crippen molar-refractivity contribution in [1.29, 1.82) is 0 Å². The van der Waals surface area contributed by atoms with E-state index in [1.54, 1.807) is 0 Å². The summed E-state index contributed by atoms with van der Waals surface area (Å²) in [6, 6.07) is 9.57. The normalized spacial score (nSPS) is 38.3. The maximum Gasteiger partial charge on any atom is 0.0505 e. The van der Waals surface area contributed by atoms with Gasteiger partial charge in [0.05, 0.1) is 5.52 Å². The molecule has 2 heterocycles. The minimum Gasteiger partial charge on any atom is -0.302 e. The number of hydrogen-bond acceptors (Lipinski definition) is 2. The summed E-state index contributed by atoms with van der Waals surface area (Å²) in [6.45, 7) is 10.1. The van der Waals surface area contributed by atoms with E-state index in [0.717, 1.165) is 21.8 Å². The molecule has 4 aliphatic carbocycles. The molecule has 28 heavy (non-hydrogen) atoms. The molecule has 7 rings (SSSR count). The summed E-state index contributed by atoms with van der Waals surface area (Å²) in [6.07, 6.45) is 10.7. The fraction of sp³-hybridized carbons (Fsp3) is 0.520. The molecule has 2 unspecified atom stereocenters. The van der Waals surface area contributed by atoms with Crippen molar-refractivity contribution in [2.75, 3.05) is 0 Å². The van der Waals surface area contributed by atoms with Gasteiger partial charge in [0.15, 0.2) is 0 Å². The number of aromatic nitrogens is 2. The SMILES string of the molecule is CC12CC3(C)CC(C)(C1)c1cnc4c(ncc5ccc[c-]c54)c1C(C)(C2)C3.[Ir]. The number of pyridine rings is 2. The molecule has 4 bridgehead atoms. The molecule has 0 aliphatic heterocycles. The van der Waals surface area contributed by atoms with Gasteiger partial charge in [-0.25, -0.2) is 0 Å². The van der Waals surface area contributed by atoms with Crippen LogP contribution in [0, 0.1) is 16.9 Å². The summed E-state index contributed by atoms with van der Waals surface area (Å²) in [5.74, 6) is 0. The standard InChI is InChI=1S/C25H27N2.Ir/c1-22-11-23(2)13-24(3,12-22)18-10-27-20-17-8-6-5-7-16(17)9-26-21(20)19(18)25(4,14-22)15-23;/h5-7,9-10H,11-15H2,1-4H3;/q-1;. The van der Waals surface area contributed by atoms with Gasteiger partial charge in [0.2, 0.25) is 0 Å². The molecular weight excluding hydrogens is 521 g/mol. The smallest absolute Gasteiger partial charge is 0.0505 e. The molecule has 0 saturated heterocycles. The Morgan fingerprint density at radius 3 is 2.18 bits per heavy atom. The molecule has 2 fully saturated rings. The topological polar surface area (TPSA) is 25.8 Å². The van der Waals surface area contributed by atoms with E-state index < -0.39 is 0 Å². The van der Waals surface area contributed by atoms with Crippen molar-refractivity contribution in [2.24, 2.45) is 10.8 Å². The van der Waals surface area contributed by atoms with E-state index >= 15 is 0 Å². The summed E-state index contributed by atoms with van der Waals surface area (Å²) in [5, 5.41) is 2.24. The molecule has 3 aromatic rings. The van der Waals surface area contributed by atoms with Crippen LogP contribution in [0.25, 0.3) is 21.8 Å². The van der Waals surface area contributed by atoms with E-state index in [1.165, 1.54) is 43.2 Å². The second-order valence-electron chi connectivity index (χ2n) is 11.1. The first-order chi connectivity index (χ1) is 12.7. The summed E-state index contributed by atoms with van der Waals surface area (Å²) in [5.41, 5.74) is 6.38. The zero-order valence-electron chi connectivity index (χ0n) is 17.2. The summed E-state index contributed by atoms with van der Waals surface area (Å²) in [7, 11) is 0. The van der Waals surface area contributed by atoms with Crippen LogP contribution in [0.15, 0.2) is 30.6 Å². The number of fused-ring (bicyclic) bond motifs is 3. The number of nitrogens with zero attached hydrogens (tertiary/aromatic N) is 2. The van der Waals surface area contributed by atoms with E-state index in [-0.39, 0.29) is 30.9 Å².